The highest BCUT2D eigenvalue weighted by Crippen LogP contribution is 2.17. The number of nitriles is 1. The van der Waals surface area contributed by atoms with Crippen LogP contribution in [0.25, 0.3) is 0 Å². The summed E-state index contributed by atoms with van der Waals surface area (Å²) < 4.78 is 0. The number of nitrogens with zero attached hydrogens (tertiary/aromatic N) is 1. The molecule has 1 aliphatic rings. The van der Waals surface area contributed by atoms with Gasteiger partial charge < -0.3 is 15.7 Å². The minimum absolute atomic E-state index is 0.0663. The Kier molecular flexibility index (Phi) is 3.09. The van der Waals surface area contributed by atoms with Gasteiger partial charge in [0.15, 0.2) is 0 Å². The average Bonchev–Trinajstić information content (AvgIpc) is 2.27. The van der Waals surface area contributed by atoms with Crippen molar-refractivity contribution in [2.45, 2.75) is 12.0 Å². The number of hydrogen-bond donors (Lipinski definition) is 3. The van der Waals surface area contributed by atoms with Gasteiger partial charge in [-0.25, -0.2) is 0 Å². The van der Waals surface area contributed by atoms with Crippen molar-refractivity contribution in [2.24, 2.45) is 0 Å². The summed E-state index contributed by atoms with van der Waals surface area (Å²) in [5.74, 6) is -0.246. The summed E-state index contributed by atoms with van der Waals surface area (Å²) in [5, 5.41) is 24.1. The molecule has 5 heteroatoms. The van der Waals surface area contributed by atoms with Crippen molar-refractivity contribution in [1.82, 2.24) is 5.32 Å². The molecule has 0 radical (unpaired) electrons. The van der Waals surface area contributed by atoms with Gasteiger partial charge in [0.25, 0.3) is 0 Å². The summed E-state index contributed by atoms with van der Waals surface area (Å²) >= 11 is 0. The molecule has 0 bridgehead atoms. The van der Waals surface area contributed by atoms with E-state index in [4.69, 9.17) is 5.26 Å². The summed E-state index contributed by atoms with van der Waals surface area (Å²) in [7, 11) is 0. The Bertz CT molecular complexity index is 475. The van der Waals surface area contributed by atoms with E-state index in [0.29, 0.717) is 24.3 Å². The predicted molar refractivity (Wildman–Crippen MR) is 62.2 cm³/mol. The van der Waals surface area contributed by atoms with Gasteiger partial charge in [0.1, 0.15) is 0 Å². The number of aliphatic hydroxyl groups is 1. The van der Waals surface area contributed by atoms with E-state index < -0.39 is 5.60 Å². The lowest BCUT2D eigenvalue weighted by atomic mass is 9.93. The zero-order valence-electron chi connectivity index (χ0n) is 9.23. The number of nitrogens with one attached hydrogen (secondary N) is 2. The highest BCUT2D eigenvalue weighted by atomic mass is 16.3. The number of carbonyl (C=O) groups excluding carboxylic acids is 1. The Morgan fingerprint density at radius 2 is 2.35 bits per heavy atom. The lowest BCUT2D eigenvalue weighted by Gasteiger charge is -2.36. The number of carbonyl (C=O) groups is 1. The summed E-state index contributed by atoms with van der Waals surface area (Å²) in [6, 6.07) is 8.68. The minimum atomic E-state index is -0.920. The highest BCUT2D eigenvalue weighted by Gasteiger charge is 2.36. The van der Waals surface area contributed by atoms with Crippen molar-refractivity contribution in [3.63, 3.8) is 0 Å². The van der Waals surface area contributed by atoms with Crippen LogP contribution in [0, 0.1) is 11.3 Å². The van der Waals surface area contributed by atoms with E-state index in [1.807, 2.05) is 6.07 Å². The molecule has 0 spiro atoms. The number of anilines is 1. The molecular weight excluding hydrogens is 218 g/mol. The fourth-order valence-corrected chi connectivity index (χ4v) is 1.71. The molecule has 1 amide bonds. The van der Waals surface area contributed by atoms with Crippen LogP contribution in [0.3, 0.4) is 0 Å². The van der Waals surface area contributed by atoms with E-state index in [-0.39, 0.29) is 12.3 Å². The number of hydrogen-bond acceptors (Lipinski definition) is 4. The van der Waals surface area contributed by atoms with Crippen LogP contribution in [-0.4, -0.2) is 29.7 Å². The van der Waals surface area contributed by atoms with E-state index in [9.17, 15) is 9.90 Å². The summed E-state index contributed by atoms with van der Waals surface area (Å²) in [5.41, 5.74) is 0.147. The first-order valence-corrected chi connectivity index (χ1v) is 5.34. The quantitative estimate of drug-likeness (QED) is 0.694. The number of rotatable bonds is 3. The van der Waals surface area contributed by atoms with Crippen molar-refractivity contribution in [2.75, 3.05) is 18.4 Å². The molecule has 88 valence electrons. The van der Waals surface area contributed by atoms with Crippen LogP contribution in [0.1, 0.15) is 12.0 Å². The maximum atomic E-state index is 11.6. The largest absolute Gasteiger partial charge is 0.387 e. The van der Waals surface area contributed by atoms with Crippen molar-refractivity contribution in [3.05, 3.63) is 29.8 Å². The van der Waals surface area contributed by atoms with Crippen molar-refractivity contribution in [3.8, 4) is 6.07 Å². The van der Waals surface area contributed by atoms with Crippen LogP contribution >= 0.6 is 0 Å². The van der Waals surface area contributed by atoms with Gasteiger partial charge in [-0.05, 0) is 18.2 Å². The first kappa shape index (κ1) is 11.6. The Labute approximate surface area is 99.1 Å². The van der Waals surface area contributed by atoms with Crippen molar-refractivity contribution < 1.29 is 9.90 Å². The third-order valence-electron chi connectivity index (χ3n) is 2.67. The van der Waals surface area contributed by atoms with E-state index >= 15 is 0 Å². The normalized spacial score (nSPS) is 16.7. The van der Waals surface area contributed by atoms with Gasteiger partial charge in [-0.3, -0.25) is 4.79 Å². The molecular formula is C12H13N3O2. The Morgan fingerprint density at radius 1 is 1.59 bits per heavy atom. The molecule has 0 aromatic heterocycles. The maximum Gasteiger partial charge on any atom is 0.227 e. The molecule has 0 atom stereocenters. The van der Waals surface area contributed by atoms with E-state index in [1.54, 1.807) is 24.3 Å². The van der Waals surface area contributed by atoms with Gasteiger partial charge in [-0.2, -0.15) is 5.26 Å². The Morgan fingerprint density at radius 3 is 2.94 bits per heavy atom. The molecule has 0 aliphatic carbocycles. The molecule has 1 aromatic carbocycles. The average molecular weight is 231 g/mol. The zero-order valence-corrected chi connectivity index (χ0v) is 9.23. The van der Waals surface area contributed by atoms with Gasteiger partial charge in [0.05, 0.1) is 23.7 Å². The number of β-amino-alcohol motifs (C(OH)–C–C–N with tert-alkyl or cyclic N) is 1. The highest BCUT2D eigenvalue weighted by molar-refractivity contribution is 5.91. The molecule has 1 saturated heterocycles. The molecule has 1 heterocycles. The maximum absolute atomic E-state index is 11.6. The molecule has 1 aliphatic heterocycles. The van der Waals surface area contributed by atoms with Gasteiger partial charge in [-0.15, -0.1) is 0 Å². The van der Waals surface area contributed by atoms with Crippen molar-refractivity contribution in [1.29, 1.82) is 5.26 Å². The molecule has 0 saturated carbocycles. The molecule has 2 rings (SSSR count). The molecule has 3 N–H and O–H groups in total. The smallest absolute Gasteiger partial charge is 0.227 e. The second kappa shape index (κ2) is 4.53. The summed E-state index contributed by atoms with van der Waals surface area (Å²) in [6.45, 7) is 0.886. The lowest BCUT2D eigenvalue weighted by Crippen LogP contribution is -2.60. The van der Waals surface area contributed by atoms with Crippen LogP contribution < -0.4 is 10.6 Å². The zero-order chi connectivity index (χ0) is 12.3. The van der Waals surface area contributed by atoms with Gasteiger partial charge in [0, 0.05) is 18.8 Å². The number of benzene rings is 1. The summed E-state index contributed by atoms with van der Waals surface area (Å²) in [4.78, 5) is 11.6. The van der Waals surface area contributed by atoms with Crippen LogP contribution in [-0.2, 0) is 4.79 Å². The SMILES string of the molecule is N#Cc1cccc(NC(=O)CC2(O)CNC2)c1. The van der Waals surface area contributed by atoms with E-state index in [1.165, 1.54) is 0 Å². The van der Waals surface area contributed by atoms with Crippen LogP contribution in [0.5, 0.6) is 0 Å². The monoisotopic (exact) mass is 231 g/mol. The van der Waals surface area contributed by atoms with Crippen LogP contribution in [0.2, 0.25) is 0 Å². The second-order valence-electron chi connectivity index (χ2n) is 4.25. The molecule has 0 unspecified atom stereocenters. The minimum Gasteiger partial charge on any atom is -0.387 e. The second-order valence-corrected chi connectivity index (χ2v) is 4.25. The predicted octanol–water partition coefficient (Wildman–Crippen LogP) is 0.221. The lowest BCUT2D eigenvalue weighted by molar-refractivity contribution is -0.123. The molecule has 5 nitrogen and oxygen atoms in total. The van der Waals surface area contributed by atoms with Gasteiger partial charge in [0.2, 0.25) is 5.91 Å². The third-order valence-corrected chi connectivity index (χ3v) is 2.67. The van der Waals surface area contributed by atoms with Crippen LogP contribution in [0.15, 0.2) is 24.3 Å². The third kappa shape index (κ3) is 2.81. The fourth-order valence-electron chi connectivity index (χ4n) is 1.71. The Hall–Kier alpha value is -1.90. The van der Waals surface area contributed by atoms with E-state index in [2.05, 4.69) is 10.6 Å². The summed E-state index contributed by atoms with van der Waals surface area (Å²) in [6.07, 6.45) is 0.0663. The first-order valence-electron chi connectivity index (χ1n) is 5.34. The first-order chi connectivity index (χ1) is 8.11. The number of amides is 1. The Balaban J connectivity index is 1.96. The molecule has 1 fully saturated rings. The fraction of sp³-hybridized carbons (Fsp3) is 0.333. The van der Waals surface area contributed by atoms with Crippen LogP contribution in [0.4, 0.5) is 5.69 Å². The molecule has 17 heavy (non-hydrogen) atoms. The van der Waals surface area contributed by atoms with E-state index in [0.717, 1.165) is 0 Å². The van der Waals surface area contributed by atoms with Crippen molar-refractivity contribution >= 4 is 11.6 Å². The standard InChI is InChI=1S/C12H13N3O2/c13-6-9-2-1-3-10(4-9)15-11(16)5-12(17)7-14-8-12/h1-4,14,17H,5,7-8H2,(H,15,16). The topological polar surface area (TPSA) is 85.2 Å². The molecule has 1 aromatic rings. The van der Waals surface area contributed by atoms with Gasteiger partial charge in [-0.1, -0.05) is 6.07 Å². The van der Waals surface area contributed by atoms with Gasteiger partial charge >= 0.3 is 0 Å².